The van der Waals surface area contributed by atoms with Gasteiger partial charge in [0.25, 0.3) is 0 Å². The first-order valence-corrected chi connectivity index (χ1v) is 8.26. The van der Waals surface area contributed by atoms with Crippen LogP contribution >= 0.6 is 0 Å². The lowest BCUT2D eigenvalue weighted by atomic mass is 9.94. The van der Waals surface area contributed by atoms with Gasteiger partial charge in [0.15, 0.2) is 0 Å². The number of hydrogen-bond donors (Lipinski definition) is 3. The molecule has 0 spiro atoms. The van der Waals surface area contributed by atoms with E-state index < -0.39 is 18.0 Å². The standard InChI is InChI=1S/C15H25N5O5/c1-25-7-6-20-10-17-18-13(20)2-4-16-15(24)11-8-19(9-14(22)23)5-3-12(11)21/h10-12,21H,2-9H2,1H3,(H,16,24)(H,22,23)/t11-,12+/m0/s1. The number of aliphatic hydroxyl groups is 1. The number of hydrogen-bond acceptors (Lipinski definition) is 7. The van der Waals surface area contributed by atoms with Crippen LogP contribution in [0.15, 0.2) is 6.33 Å². The fourth-order valence-corrected chi connectivity index (χ4v) is 2.88. The highest BCUT2D eigenvalue weighted by Gasteiger charge is 2.33. The molecule has 1 aliphatic heterocycles. The number of carbonyl (C=O) groups excluding carboxylic acids is 1. The van der Waals surface area contributed by atoms with Crippen LogP contribution < -0.4 is 5.32 Å². The summed E-state index contributed by atoms with van der Waals surface area (Å²) in [6.07, 6.45) is 1.76. The van der Waals surface area contributed by atoms with Gasteiger partial charge in [0.05, 0.1) is 25.2 Å². The van der Waals surface area contributed by atoms with Crippen LogP contribution in [0.3, 0.4) is 0 Å². The molecule has 0 unspecified atom stereocenters. The van der Waals surface area contributed by atoms with Gasteiger partial charge in [0.1, 0.15) is 12.2 Å². The van der Waals surface area contributed by atoms with Crippen molar-refractivity contribution in [1.29, 1.82) is 0 Å². The summed E-state index contributed by atoms with van der Waals surface area (Å²) in [6.45, 7) is 2.14. The number of ether oxygens (including phenoxy) is 1. The Morgan fingerprint density at radius 3 is 3.00 bits per heavy atom. The molecule has 1 amide bonds. The summed E-state index contributed by atoms with van der Waals surface area (Å²) in [5.74, 6) is -1.09. The van der Waals surface area contributed by atoms with E-state index in [2.05, 4.69) is 15.5 Å². The first kappa shape index (κ1) is 19.3. The van der Waals surface area contributed by atoms with E-state index in [0.29, 0.717) is 39.1 Å². The van der Waals surface area contributed by atoms with Gasteiger partial charge in [-0.3, -0.25) is 14.5 Å². The highest BCUT2D eigenvalue weighted by molar-refractivity contribution is 5.79. The molecule has 0 aliphatic carbocycles. The second kappa shape index (κ2) is 9.44. The minimum Gasteiger partial charge on any atom is -0.480 e. The van der Waals surface area contributed by atoms with E-state index in [9.17, 15) is 14.7 Å². The maximum atomic E-state index is 12.3. The molecule has 0 bridgehead atoms. The minimum absolute atomic E-state index is 0.126. The molecule has 25 heavy (non-hydrogen) atoms. The molecule has 10 heteroatoms. The van der Waals surface area contributed by atoms with Gasteiger partial charge >= 0.3 is 5.97 Å². The first-order valence-electron chi connectivity index (χ1n) is 8.26. The minimum atomic E-state index is -0.939. The van der Waals surface area contributed by atoms with Crippen molar-refractivity contribution < 1.29 is 24.5 Å². The average Bonchev–Trinajstić information content (AvgIpc) is 3.01. The Morgan fingerprint density at radius 2 is 2.28 bits per heavy atom. The molecule has 1 aliphatic rings. The topological polar surface area (TPSA) is 130 Å². The lowest BCUT2D eigenvalue weighted by Crippen LogP contribution is -2.51. The van der Waals surface area contributed by atoms with Crippen molar-refractivity contribution in [3.05, 3.63) is 12.2 Å². The van der Waals surface area contributed by atoms with E-state index in [0.717, 1.165) is 5.82 Å². The first-order chi connectivity index (χ1) is 12.0. The van der Waals surface area contributed by atoms with Crippen molar-refractivity contribution in [3.63, 3.8) is 0 Å². The third kappa shape index (κ3) is 5.76. The molecule has 1 fully saturated rings. The van der Waals surface area contributed by atoms with Gasteiger partial charge in [-0.1, -0.05) is 0 Å². The number of nitrogens with one attached hydrogen (secondary N) is 1. The van der Waals surface area contributed by atoms with Crippen LogP contribution in [-0.2, 0) is 27.3 Å². The summed E-state index contributed by atoms with van der Waals surface area (Å²) < 4.78 is 6.88. The largest absolute Gasteiger partial charge is 0.480 e. The number of rotatable bonds is 9. The number of likely N-dealkylation sites (tertiary alicyclic amines) is 1. The molecule has 140 valence electrons. The van der Waals surface area contributed by atoms with Gasteiger partial charge in [0, 0.05) is 39.7 Å². The quantitative estimate of drug-likeness (QED) is 0.480. The molecule has 1 saturated heterocycles. The Kier molecular flexibility index (Phi) is 7.29. The maximum Gasteiger partial charge on any atom is 0.317 e. The van der Waals surface area contributed by atoms with Gasteiger partial charge in [-0.25, -0.2) is 0 Å². The number of carboxylic acid groups (broad SMARTS) is 1. The van der Waals surface area contributed by atoms with E-state index in [1.54, 1.807) is 18.3 Å². The highest BCUT2D eigenvalue weighted by atomic mass is 16.5. The van der Waals surface area contributed by atoms with Crippen LogP contribution in [0.2, 0.25) is 0 Å². The Bertz CT molecular complexity index is 578. The average molecular weight is 355 g/mol. The number of carboxylic acids is 1. The Labute approximate surface area is 145 Å². The van der Waals surface area contributed by atoms with Crippen molar-refractivity contribution in [2.75, 3.05) is 39.9 Å². The normalized spacial score (nSPS) is 21.2. The fraction of sp³-hybridized carbons (Fsp3) is 0.733. The van der Waals surface area contributed by atoms with Crippen molar-refractivity contribution in [2.45, 2.75) is 25.5 Å². The number of methoxy groups -OCH3 is 1. The predicted octanol–water partition coefficient (Wildman–Crippen LogP) is -1.65. The zero-order valence-corrected chi connectivity index (χ0v) is 14.3. The summed E-state index contributed by atoms with van der Waals surface area (Å²) >= 11 is 0. The van der Waals surface area contributed by atoms with E-state index in [1.807, 2.05) is 4.57 Å². The monoisotopic (exact) mass is 355 g/mol. The number of piperidine rings is 1. The summed E-state index contributed by atoms with van der Waals surface area (Å²) in [5.41, 5.74) is 0. The van der Waals surface area contributed by atoms with Crippen molar-refractivity contribution in [3.8, 4) is 0 Å². The number of aromatic nitrogens is 3. The van der Waals surface area contributed by atoms with Crippen LogP contribution in [0.5, 0.6) is 0 Å². The fourth-order valence-electron chi connectivity index (χ4n) is 2.88. The summed E-state index contributed by atoms with van der Waals surface area (Å²) in [7, 11) is 1.62. The van der Waals surface area contributed by atoms with E-state index in [-0.39, 0.29) is 19.0 Å². The smallest absolute Gasteiger partial charge is 0.317 e. The Morgan fingerprint density at radius 1 is 1.48 bits per heavy atom. The summed E-state index contributed by atoms with van der Waals surface area (Å²) in [6, 6.07) is 0. The Balaban J connectivity index is 1.81. The van der Waals surface area contributed by atoms with Crippen molar-refractivity contribution in [1.82, 2.24) is 25.0 Å². The second-order valence-corrected chi connectivity index (χ2v) is 6.07. The molecular formula is C15H25N5O5. The van der Waals surface area contributed by atoms with Gasteiger partial charge in [-0.05, 0) is 6.42 Å². The lowest BCUT2D eigenvalue weighted by Gasteiger charge is -2.34. The van der Waals surface area contributed by atoms with Gasteiger partial charge in [0.2, 0.25) is 5.91 Å². The van der Waals surface area contributed by atoms with Crippen molar-refractivity contribution >= 4 is 11.9 Å². The highest BCUT2D eigenvalue weighted by Crippen LogP contribution is 2.17. The van der Waals surface area contributed by atoms with Gasteiger partial charge in [-0.2, -0.15) is 0 Å². The SMILES string of the molecule is COCCn1cnnc1CCNC(=O)[C@H]1CN(CC(=O)O)CC[C@H]1O. The molecule has 2 rings (SSSR count). The number of amides is 1. The van der Waals surface area contributed by atoms with Crippen LogP contribution in [0.1, 0.15) is 12.2 Å². The van der Waals surface area contributed by atoms with Crippen LogP contribution in [0.4, 0.5) is 0 Å². The zero-order chi connectivity index (χ0) is 18.2. The van der Waals surface area contributed by atoms with Crippen LogP contribution in [0, 0.1) is 5.92 Å². The van der Waals surface area contributed by atoms with E-state index in [4.69, 9.17) is 9.84 Å². The molecular weight excluding hydrogens is 330 g/mol. The van der Waals surface area contributed by atoms with E-state index in [1.165, 1.54) is 0 Å². The predicted molar refractivity (Wildman–Crippen MR) is 86.8 cm³/mol. The molecule has 3 N–H and O–H groups in total. The Hall–Kier alpha value is -2.04. The van der Waals surface area contributed by atoms with Gasteiger partial charge in [-0.15, -0.1) is 10.2 Å². The molecule has 2 heterocycles. The summed E-state index contributed by atoms with van der Waals surface area (Å²) in [5, 5.41) is 29.6. The maximum absolute atomic E-state index is 12.3. The van der Waals surface area contributed by atoms with Crippen molar-refractivity contribution in [2.24, 2.45) is 5.92 Å². The third-order valence-electron chi connectivity index (χ3n) is 4.24. The number of aliphatic hydroxyl groups excluding tert-OH is 1. The van der Waals surface area contributed by atoms with Gasteiger partial charge < -0.3 is 24.8 Å². The number of nitrogens with zero attached hydrogens (tertiary/aromatic N) is 4. The molecule has 10 nitrogen and oxygen atoms in total. The summed E-state index contributed by atoms with van der Waals surface area (Å²) in [4.78, 5) is 24.8. The molecule has 1 aromatic heterocycles. The molecule has 2 atom stereocenters. The molecule has 0 aromatic carbocycles. The van der Waals surface area contributed by atoms with Crippen LogP contribution in [-0.4, -0.2) is 87.8 Å². The lowest BCUT2D eigenvalue weighted by molar-refractivity contribution is -0.141. The van der Waals surface area contributed by atoms with Crippen LogP contribution in [0.25, 0.3) is 0 Å². The molecule has 0 saturated carbocycles. The number of carbonyl (C=O) groups is 2. The van der Waals surface area contributed by atoms with E-state index >= 15 is 0 Å². The molecule has 0 radical (unpaired) electrons. The zero-order valence-electron chi connectivity index (χ0n) is 14.3. The third-order valence-corrected chi connectivity index (χ3v) is 4.24. The number of aliphatic carboxylic acids is 1. The second-order valence-electron chi connectivity index (χ2n) is 6.07. The molecule has 1 aromatic rings.